The largest absolute Gasteiger partial charge is 0.508 e. The summed E-state index contributed by atoms with van der Waals surface area (Å²) in [7, 11) is 0. The minimum Gasteiger partial charge on any atom is -0.508 e. The highest BCUT2D eigenvalue weighted by Gasteiger charge is 2.42. The molecule has 0 aliphatic carbocycles. The van der Waals surface area contributed by atoms with Crippen LogP contribution in [0, 0.1) is 0 Å². The molecule has 1 aromatic rings. The Morgan fingerprint density at radius 1 is 1.47 bits per heavy atom. The molecule has 1 fully saturated rings. The van der Waals surface area contributed by atoms with E-state index in [4.69, 9.17) is 9.84 Å². The van der Waals surface area contributed by atoms with E-state index in [-0.39, 0.29) is 12.2 Å². The fourth-order valence-corrected chi connectivity index (χ4v) is 1.84. The van der Waals surface area contributed by atoms with E-state index in [1.54, 1.807) is 18.2 Å². The van der Waals surface area contributed by atoms with Gasteiger partial charge in [0.25, 0.3) is 0 Å². The molecule has 1 heterocycles. The first-order chi connectivity index (χ1) is 7.12. The molecule has 80 valence electrons. The first kappa shape index (κ1) is 9.98. The Kier molecular flexibility index (Phi) is 2.36. The fraction of sp³-hybridized carbons (Fsp3) is 0.364. The highest BCUT2D eigenvalue weighted by Crippen LogP contribution is 2.36. The van der Waals surface area contributed by atoms with E-state index >= 15 is 0 Å². The number of phenols is 1. The van der Waals surface area contributed by atoms with Gasteiger partial charge in [0, 0.05) is 0 Å². The van der Waals surface area contributed by atoms with Gasteiger partial charge in [-0.3, -0.25) is 4.79 Å². The van der Waals surface area contributed by atoms with Crippen LogP contribution in [0.5, 0.6) is 5.75 Å². The lowest BCUT2D eigenvalue weighted by molar-refractivity contribution is -0.145. The summed E-state index contributed by atoms with van der Waals surface area (Å²) in [4.78, 5) is 10.7. The molecule has 0 bridgehead atoms. The molecule has 0 aromatic heterocycles. The van der Waals surface area contributed by atoms with Crippen LogP contribution in [0.15, 0.2) is 24.3 Å². The Morgan fingerprint density at radius 3 is 2.67 bits per heavy atom. The summed E-state index contributed by atoms with van der Waals surface area (Å²) in [6.45, 7) is 0.811. The molecule has 0 spiro atoms. The maximum absolute atomic E-state index is 10.7. The highest BCUT2D eigenvalue weighted by molar-refractivity contribution is 5.69. The summed E-state index contributed by atoms with van der Waals surface area (Å²) < 4.78 is 5.09. The zero-order chi connectivity index (χ0) is 10.9. The van der Waals surface area contributed by atoms with E-state index in [1.165, 1.54) is 0 Å². The highest BCUT2D eigenvalue weighted by atomic mass is 16.5. The number of carboxylic acids is 1. The van der Waals surface area contributed by atoms with Crippen molar-refractivity contribution in [1.29, 1.82) is 0 Å². The van der Waals surface area contributed by atoms with E-state index in [2.05, 4.69) is 0 Å². The minimum absolute atomic E-state index is 0.0381. The molecule has 1 aliphatic rings. The molecule has 0 atom stereocenters. The molecule has 2 rings (SSSR count). The third-order valence-corrected chi connectivity index (χ3v) is 2.70. The number of aromatic hydroxyl groups is 1. The van der Waals surface area contributed by atoms with Crippen LogP contribution in [0.2, 0.25) is 0 Å². The van der Waals surface area contributed by atoms with Gasteiger partial charge in [0.15, 0.2) is 0 Å². The molecule has 1 saturated heterocycles. The van der Waals surface area contributed by atoms with Gasteiger partial charge in [-0.05, 0) is 17.7 Å². The van der Waals surface area contributed by atoms with Gasteiger partial charge in [0.05, 0.1) is 25.0 Å². The third-order valence-electron chi connectivity index (χ3n) is 2.70. The molecular weight excluding hydrogens is 196 g/mol. The molecule has 4 nitrogen and oxygen atoms in total. The van der Waals surface area contributed by atoms with Crippen molar-refractivity contribution < 1.29 is 19.7 Å². The monoisotopic (exact) mass is 208 g/mol. The van der Waals surface area contributed by atoms with Crippen molar-refractivity contribution in [3.63, 3.8) is 0 Å². The van der Waals surface area contributed by atoms with Gasteiger partial charge < -0.3 is 14.9 Å². The van der Waals surface area contributed by atoms with Crippen molar-refractivity contribution in [1.82, 2.24) is 0 Å². The predicted octanol–water partition coefficient (Wildman–Crippen LogP) is 1.13. The zero-order valence-electron chi connectivity index (χ0n) is 8.14. The van der Waals surface area contributed by atoms with Gasteiger partial charge in [-0.25, -0.2) is 0 Å². The molecule has 4 heteroatoms. The third kappa shape index (κ3) is 1.80. The van der Waals surface area contributed by atoms with Crippen molar-refractivity contribution in [3.8, 4) is 5.75 Å². The molecule has 2 N–H and O–H groups in total. The zero-order valence-corrected chi connectivity index (χ0v) is 8.14. The van der Waals surface area contributed by atoms with Gasteiger partial charge in [0.1, 0.15) is 5.75 Å². The number of carbonyl (C=O) groups is 1. The standard InChI is InChI=1S/C11H12O4/c12-9-3-1-2-8(4-9)11(5-10(13)14)6-15-7-11/h1-4,12H,5-7H2,(H,13,14). The summed E-state index contributed by atoms with van der Waals surface area (Å²) in [5, 5.41) is 18.2. The van der Waals surface area contributed by atoms with E-state index in [9.17, 15) is 9.90 Å². The number of hydrogen-bond acceptors (Lipinski definition) is 3. The summed E-state index contributed by atoms with van der Waals surface area (Å²) in [5.41, 5.74) is 0.376. The molecule has 0 radical (unpaired) electrons. The number of rotatable bonds is 3. The number of hydrogen-bond donors (Lipinski definition) is 2. The number of phenolic OH excluding ortho intramolecular Hbond substituents is 1. The minimum atomic E-state index is -0.846. The van der Waals surface area contributed by atoms with E-state index < -0.39 is 11.4 Å². The summed E-state index contributed by atoms with van der Waals surface area (Å²) in [6, 6.07) is 6.71. The van der Waals surface area contributed by atoms with Crippen LogP contribution < -0.4 is 0 Å². The van der Waals surface area contributed by atoms with Crippen molar-refractivity contribution in [3.05, 3.63) is 29.8 Å². The van der Waals surface area contributed by atoms with E-state index in [0.717, 1.165) is 5.56 Å². The lowest BCUT2D eigenvalue weighted by atomic mass is 9.76. The number of carboxylic acid groups (broad SMARTS) is 1. The average Bonchev–Trinajstić information content (AvgIpc) is 2.11. The smallest absolute Gasteiger partial charge is 0.304 e. The normalized spacial score (nSPS) is 18.1. The molecule has 0 saturated carbocycles. The van der Waals surface area contributed by atoms with E-state index in [1.807, 2.05) is 6.07 Å². The van der Waals surface area contributed by atoms with Crippen LogP contribution in [-0.2, 0) is 14.9 Å². The number of ether oxygens (including phenoxy) is 1. The first-order valence-corrected chi connectivity index (χ1v) is 4.71. The second-order valence-corrected chi connectivity index (χ2v) is 3.89. The van der Waals surface area contributed by atoms with Gasteiger partial charge >= 0.3 is 5.97 Å². The molecule has 1 aromatic carbocycles. The Hall–Kier alpha value is -1.55. The fourth-order valence-electron chi connectivity index (χ4n) is 1.84. The second kappa shape index (κ2) is 3.55. The lowest BCUT2D eigenvalue weighted by Gasteiger charge is -2.40. The maximum atomic E-state index is 10.7. The summed E-state index contributed by atoms with van der Waals surface area (Å²) in [5.74, 6) is -0.689. The molecular formula is C11H12O4. The van der Waals surface area contributed by atoms with Crippen molar-refractivity contribution in [2.75, 3.05) is 13.2 Å². The second-order valence-electron chi connectivity index (χ2n) is 3.89. The van der Waals surface area contributed by atoms with Gasteiger partial charge in [0.2, 0.25) is 0 Å². The van der Waals surface area contributed by atoms with Crippen LogP contribution in [-0.4, -0.2) is 29.4 Å². The first-order valence-electron chi connectivity index (χ1n) is 4.71. The van der Waals surface area contributed by atoms with Crippen LogP contribution in [0.4, 0.5) is 0 Å². The lowest BCUT2D eigenvalue weighted by Crippen LogP contribution is -2.48. The predicted molar refractivity (Wildman–Crippen MR) is 52.9 cm³/mol. The number of benzene rings is 1. The van der Waals surface area contributed by atoms with Crippen LogP contribution >= 0.6 is 0 Å². The molecule has 0 unspecified atom stereocenters. The molecule has 0 amide bonds. The van der Waals surface area contributed by atoms with Crippen molar-refractivity contribution in [2.24, 2.45) is 0 Å². The Morgan fingerprint density at radius 2 is 2.20 bits per heavy atom. The maximum Gasteiger partial charge on any atom is 0.304 e. The summed E-state index contributed by atoms with van der Waals surface area (Å²) >= 11 is 0. The number of aliphatic carboxylic acids is 1. The topological polar surface area (TPSA) is 66.8 Å². The van der Waals surface area contributed by atoms with Gasteiger partial charge in [-0.15, -0.1) is 0 Å². The van der Waals surface area contributed by atoms with Crippen molar-refractivity contribution in [2.45, 2.75) is 11.8 Å². The van der Waals surface area contributed by atoms with Crippen LogP contribution in [0.3, 0.4) is 0 Å². The molecule has 1 aliphatic heterocycles. The quantitative estimate of drug-likeness (QED) is 0.781. The molecule has 15 heavy (non-hydrogen) atoms. The summed E-state index contributed by atoms with van der Waals surface area (Å²) in [6.07, 6.45) is 0.0381. The van der Waals surface area contributed by atoms with Gasteiger partial charge in [-0.2, -0.15) is 0 Å². The Labute approximate surface area is 87.1 Å². The Bertz CT molecular complexity index is 382. The average molecular weight is 208 g/mol. The van der Waals surface area contributed by atoms with Gasteiger partial charge in [-0.1, -0.05) is 12.1 Å². The van der Waals surface area contributed by atoms with Crippen molar-refractivity contribution >= 4 is 5.97 Å². The van der Waals surface area contributed by atoms with Crippen LogP contribution in [0.25, 0.3) is 0 Å². The van der Waals surface area contributed by atoms with E-state index in [0.29, 0.717) is 13.2 Å². The van der Waals surface area contributed by atoms with Crippen LogP contribution in [0.1, 0.15) is 12.0 Å². The SMILES string of the molecule is O=C(O)CC1(c2cccc(O)c2)COC1. The Balaban J connectivity index is 2.29.